The first-order valence-corrected chi connectivity index (χ1v) is 6.64. The van der Waals surface area contributed by atoms with Gasteiger partial charge in [0.25, 0.3) is 11.6 Å². The first kappa shape index (κ1) is 16.8. The number of rotatable bonds is 8. The minimum Gasteiger partial charge on any atom is -0.383 e. The van der Waals surface area contributed by atoms with Crippen LogP contribution < -0.4 is 5.32 Å². The van der Waals surface area contributed by atoms with E-state index in [0.717, 1.165) is 12.6 Å². The predicted octanol–water partition coefficient (Wildman–Crippen LogP) is 1.53. The molecule has 0 spiro atoms. The molecule has 1 aromatic rings. The number of aromatic nitrogens is 1. The molecule has 116 valence electrons. The monoisotopic (exact) mass is 296 g/mol. The average Bonchev–Trinajstić information content (AvgIpc) is 2.49. The van der Waals surface area contributed by atoms with Crippen molar-refractivity contribution in [3.05, 3.63) is 27.9 Å². The zero-order valence-corrected chi connectivity index (χ0v) is 12.5. The van der Waals surface area contributed by atoms with Crippen LogP contribution in [0.3, 0.4) is 0 Å². The molecule has 0 bridgehead atoms. The lowest BCUT2D eigenvalue weighted by atomic mass is 10.2. The lowest BCUT2D eigenvalue weighted by Crippen LogP contribution is -2.30. The molecular weight excluding hydrogens is 276 g/mol. The van der Waals surface area contributed by atoms with Crippen molar-refractivity contribution in [2.45, 2.75) is 13.3 Å². The Hall–Kier alpha value is -2.22. The van der Waals surface area contributed by atoms with Gasteiger partial charge in [-0.3, -0.25) is 14.9 Å². The molecule has 0 radical (unpaired) electrons. The van der Waals surface area contributed by atoms with Crippen LogP contribution in [0.2, 0.25) is 0 Å². The zero-order valence-electron chi connectivity index (χ0n) is 12.5. The summed E-state index contributed by atoms with van der Waals surface area (Å²) in [4.78, 5) is 28.1. The number of hydrogen-bond donors (Lipinski definition) is 1. The smallest absolute Gasteiger partial charge is 0.288 e. The van der Waals surface area contributed by atoms with E-state index in [-0.39, 0.29) is 17.2 Å². The normalized spacial score (nSPS) is 10.2. The van der Waals surface area contributed by atoms with Crippen LogP contribution in [-0.2, 0) is 4.74 Å². The summed E-state index contributed by atoms with van der Waals surface area (Å²) in [6.07, 6.45) is 2.00. The lowest BCUT2D eigenvalue weighted by Gasteiger charge is -2.18. The molecule has 0 aliphatic carbocycles. The Labute approximate surface area is 123 Å². The molecule has 1 heterocycles. The fraction of sp³-hybridized carbons (Fsp3) is 0.538. The fourth-order valence-electron chi connectivity index (χ4n) is 1.64. The molecule has 1 rings (SSSR count). The number of amides is 1. The van der Waals surface area contributed by atoms with Crippen LogP contribution in [0.25, 0.3) is 0 Å². The van der Waals surface area contributed by atoms with Crippen LogP contribution in [-0.4, -0.2) is 54.6 Å². The molecule has 0 fully saturated rings. The molecule has 0 saturated heterocycles. The summed E-state index contributed by atoms with van der Waals surface area (Å²) < 4.78 is 4.92. The van der Waals surface area contributed by atoms with E-state index >= 15 is 0 Å². The standard InChI is InChI=1S/C13H20N4O4/c1-4-5-14-12-11(8-10(9-15-12)17(19)20)13(18)16(2)6-7-21-3/h8-9H,4-7H2,1-3H3,(H,14,15). The first-order valence-electron chi connectivity index (χ1n) is 6.64. The van der Waals surface area contributed by atoms with Crippen molar-refractivity contribution in [2.24, 2.45) is 0 Å². The molecule has 0 atom stereocenters. The first-order chi connectivity index (χ1) is 10.0. The second kappa shape index (κ2) is 8.15. The molecule has 8 nitrogen and oxygen atoms in total. The highest BCUT2D eigenvalue weighted by atomic mass is 16.6. The Morgan fingerprint density at radius 3 is 2.86 bits per heavy atom. The molecule has 0 aliphatic heterocycles. The minimum atomic E-state index is -0.567. The largest absolute Gasteiger partial charge is 0.383 e. The van der Waals surface area contributed by atoms with Gasteiger partial charge in [-0.25, -0.2) is 4.98 Å². The van der Waals surface area contributed by atoms with Crippen LogP contribution in [0.1, 0.15) is 23.7 Å². The summed E-state index contributed by atoms with van der Waals surface area (Å²) >= 11 is 0. The predicted molar refractivity (Wildman–Crippen MR) is 78.5 cm³/mol. The summed E-state index contributed by atoms with van der Waals surface area (Å²) in [5, 5.41) is 13.9. The van der Waals surface area contributed by atoms with Gasteiger partial charge in [0.2, 0.25) is 0 Å². The number of pyridine rings is 1. The van der Waals surface area contributed by atoms with E-state index in [1.54, 1.807) is 14.2 Å². The third kappa shape index (κ3) is 4.67. The van der Waals surface area contributed by atoms with E-state index in [0.29, 0.717) is 25.5 Å². The highest BCUT2D eigenvalue weighted by molar-refractivity contribution is 5.99. The van der Waals surface area contributed by atoms with Crippen LogP contribution in [0.15, 0.2) is 12.3 Å². The van der Waals surface area contributed by atoms with E-state index in [9.17, 15) is 14.9 Å². The molecule has 1 N–H and O–H groups in total. The van der Waals surface area contributed by atoms with Gasteiger partial charge >= 0.3 is 0 Å². The summed E-state index contributed by atoms with van der Waals surface area (Å²) in [6.45, 7) is 3.39. The minimum absolute atomic E-state index is 0.191. The molecule has 0 aliphatic rings. The maximum atomic E-state index is 12.4. The Bertz CT molecular complexity index is 507. The molecule has 0 saturated carbocycles. The number of nitrogens with one attached hydrogen (secondary N) is 1. The highest BCUT2D eigenvalue weighted by Crippen LogP contribution is 2.20. The van der Waals surface area contributed by atoms with Gasteiger partial charge in [-0.1, -0.05) is 6.92 Å². The van der Waals surface area contributed by atoms with E-state index in [4.69, 9.17) is 4.74 Å². The SMILES string of the molecule is CCCNc1ncc([N+](=O)[O-])cc1C(=O)N(C)CCOC. The van der Waals surface area contributed by atoms with Gasteiger partial charge in [-0.15, -0.1) is 0 Å². The number of anilines is 1. The van der Waals surface area contributed by atoms with Gasteiger partial charge in [0, 0.05) is 33.3 Å². The van der Waals surface area contributed by atoms with E-state index in [1.165, 1.54) is 11.0 Å². The van der Waals surface area contributed by atoms with Crippen LogP contribution >= 0.6 is 0 Å². The third-order valence-corrected chi connectivity index (χ3v) is 2.83. The van der Waals surface area contributed by atoms with Crippen molar-refractivity contribution in [2.75, 3.05) is 39.2 Å². The number of carbonyl (C=O) groups is 1. The van der Waals surface area contributed by atoms with Gasteiger partial charge in [0.15, 0.2) is 0 Å². The van der Waals surface area contributed by atoms with Crippen LogP contribution in [0, 0.1) is 10.1 Å². The van der Waals surface area contributed by atoms with Crippen molar-refractivity contribution in [3.63, 3.8) is 0 Å². The fourth-order valence-corrected chi connectivity index (χ4v) is 1.64. The molecular formula is C13H20N4O4. The molecule has 0 aromatic carbocycles. The maximum absolute atomic E-state index is 12.4. The molecule has 0 unspecified atom stereocenters. The van der Waals surface area contributed by atoms with Crippen LogP contribution in [0.4, 0.5) is 11.5 Å². The number of methoxy groups -OCH3 is 1. The Morgan fingerprint density at radius 2 is 2.29 bits per heavy atom. The van der Waals surface area contributed by atoms with Gasteiger partial charge in [0.1, 0.15) is 12.0 Å². The van der Waals surface area contributed by atoms with Crippen molar-refractivity contribution < 1.29 is 14.5 Å². The molecule has 1 aromatic heterocycles. The molecule has 1 amide bonds. The third-order valence-electron chi connectivity index (χ3n) is 2.83. The van der Waals surface area contributed by atoms with Gasteiger partial charge < -0.3 is 15.0 Å². The maximum Gasteiger partial charge on any atom is 0.288 e. The Balaban J connectivity index is 3.06. The number of carbonyl (C=O) groups excluding carboxylic acids is 1. The van der Waals surface area contributed by atoms with Gasteiger partial charge in [-0.05, 0) is 6.42 Å². The molecule has 8 heteroatoms. The van der Waals surface area contributed by atoms with Crippen molar-refractivity contribution in [3.8, 4) is 0 Å². The van der Waals surface area contributed by atoms with Crippen molar-refractivity contribution >= 4 is 17.4 Å². The summed E-state index contributed by atoms with van der Waals surface area (Å²) in [6, 6.07) is 1.25. The topological polar surface area (TPSA) is 97.6 Å². The van der Waals surface area contributed by atoms with Gasteiger partial charge in [0.05, 0.1) is 17.1 Å². The summed E-state index contributed by atoms with van der Waals surface area (Å²) in [7, 11) is 3.16. The highest BCUT2D eigenvalue weighted by Gasteiger charge is 2.20. The lowest BCUT2D eigenvalue weighted by molar-refractivity contribution is -0.385. The summed E-state index contributed by atoms with van der Waals surface area (Å²) in [5.41, 5.74) is -0.0169. The second-order valence-corrected chi connectivity index (χ2v) is 4.49. The van der Waals surface area contributed by atoms with E-state index in [2.05, 4.69) is 10.3 Å². The average molecular weight is 296 g/mol. The van der Waals surface area contributed by atoms with Crippen molar-refractivity contribution in [1.29, 1.82) is 0 Å². The Morgan fingerprint density at radius 1 is 1.57 bits per heavy atom. The number of likely N-dealkylation sites (N-methyl/N-ethyl adjacent to an activating group) is 1. The van der Waals surface area contributed by atoms with Gasteiger partial charge in [-0.2, -0.15) is 0 Å². The number of ether oxygens (including phenoxy) is 1. The molecule has 21 heavy (non-hydrogen) atoms. The number of nitrogens with zero attached hydrogens (tertiary/aromatic N) is 3. The van der Waals surface area contributed by atoms with Crippen molar-refractivity contribution in [1.82, 2.24) is 9.88 Å². The van der Waals surface area contributed by atoms with E-state index in [1.807, 2.05) is 6.92 Å². The zero-order chi connectivity index (χ0) is 15.8. The Kier molecular flexibility index (Phi) is 6.54. The number of hydrogen-bond acceptors (Lipinski definition) is 6. The second-order valence-electron chi connectivity index (χ2n) is 4.49. The summed E-state index contributed by atoms with van der Waals surface area (Å²) in [5.74, 6) is 0.0265. The quantitative estimate of drug-likeness (QED) is 0.577. The van der Waals surface area contributed by atoms with Crippen LogP contribution in [0.5, 0.6) is 0 Å². The number of nitro groups is 1. The van der Waals surface area contributed by atoms with E-state index < -0.39 is 4.92 Å².